The highest BCUT2D eigenvalue weighted by Crippen LogP contribution is 2.25. The summed E-state index contributed by atoms with van der Waals surface area (Å²) in [6.07, 6.45) is 1.69. The minimum absolute atomic E-state index is 0.281. The summed E-state index contributed by atoms with van der Waals surface area (Å²) >= 11 is 0. The number of aromatic nitrogens is 1. The minimum Gasteiger partial charge on any atom is -0.254 e. The summed E-state index contributed by atoms with van der Waals surface area (Å²) in [6, 6.07) is 7.80. The number of hydrogen-bond acceptors (Lipinski definition) is 1. The van der Waals surface area contributed by atoms with E-state index >= 15 is 0 Å². The highest BCUT2D eigenvalue weighted by atomic mass is 19.1. The van der Waals surface area contributed by atoms with Crippen LogP contribution in [0.5, 0.6) is 0 Å². The van der Waals surface area contributed by atoms with Crippen LogP contribution in [0, 0.1) is 18.6 Å². The molecule has 102 valence electrons. The van der Waals surface area contributed by atoms with Crippen molar-refractivity contribution >= 4 is 11.1 Å². The smallest absolute Gasteiger partial charge is 0.144 e. The predicted molar refractivity (Wildman–Crippen MR) is 78.0 cm³/mol. The normalized spacial score (nSPS) is 10.3. The van der Waals surface area contributed by atoms with Gasteiger partial charge < -0.3 is 0 Å². The van der Waals surface area contributed by atoms with Gasteiger partial charge in [0.2, 0.25) is 0 Å². The molecule has 0 saturated heterocycles. The molecule has 2 aromatic rings. The van der Waals surface area contributed by atoms with Crippen molar-refractivity contribution in [3.05, 3.63) is 78.1 Å². The fraction of sp³-hybridized carbons (Fsp3) is 0.118. The van der Waals surface area contributed by atoms with Crippen LogP contribution >= 0.6 is 0 Å². The van der Waals surface area contributed by atoms with Crippen LogP contribution in [0.3, 0.4) is 0 Å². The molecule has 1 aromatic carbocycles. The molecular weight excluding hydrogens is 256 g/mol. The Labute approximate surface area is 117 Å². The molecule has 20 heavy (non-hydrogen) atoms. The highest BCUT2D eigenvalue weighted by Gasteiger charge is 2.07. The van der Waals surface area contributed by atoms with Crippen molar-refractivity contribution in [1.29, 1.82) is 0 Å². The Morgan fingerprint density at radius 2 is 1.75 bits per heavy atom. The van der Waals surface area contributed by atoms with E-state index in [0.29, 0.717) is 17.7 Å². The van der Waals surface area contributed by atoms with E-state index < -0.39 is 0 Å². The van der Waals surface area contributed by atoms with Crippen molar-refractivity contribution in [2.75, 3.05) is 0 Å². The summed E-state index contributed by atoms with van der Waals surface area (Å²) in [5.74, 6) is -0.616. The Kier molecular flexibility index (Phi) is 4.08. The second kappa shape index (κ2) is 5.78. The van der Waals surface area contributed by atoms with Crippen molar-refractivity contribution in [2.45, 2.75) is 13.3 Å². The SMILES string of the molecule is C=C(CC(=C)c1cc(C)c(F)cn1)c1ccc(F)cc1. The standard InChI is InChI=1S/C17H15F2N/c1-11(14-4-6-15(18)7-5-14)8-13(3)17-9-12(2)16(19)10-20-17/h4-7,9-10H,1,3,8H2,2H3. The fourth-order valence-corrected chi connectivity index (χ4v) is 1.87. The van der Waals surface area contributed by atoms with Gasteiger partial charge in [-0.25, -0.2) is 8.78 Å². The molecule has 1 aromatic heterocycles. The maximum absolute atomic E-state index is 13.2. The molecule has 0 aliphatic carbocycles. The summed E-state index contributed by atoms with van der Waals surface area (Å²) < 4.78 is 26.0. The number of nitrogens with zero attached hydrogens (tertiary/aromatic N) is 1. The number of allylic oxidation sites excluding steroid dienone is 2. The second-order valence-corrected chi connectivity index (χ2v) is 4.71. The predicted octanol–water partition coefficient (Wildman–Crippen LogP) is 4.78. The first-order valence-electron chi connectivity index (χ1n) is 6.21. The Balaban J connectivity index is 2.13. The number of rotatable bonds is 4. The van der Waals surface area contributed by atoms with Crippen LogP contribution in [-0.2, 0) is 0 Å². The molecule has 0 aliphatic rings. The molecule has 0 aliphatic heterocycles. The Bertz CT molecular complexity index is 657. The van der Waals surface area contributed by atoms with E-state index in [2.05, 4.69) is 18.1 Å². The third kappa shape index (κ3) is 3.18. The van der Waals surface area contributed by atoms with Gasteiger partial charge >= 0.3 is 0 Å². The summed E-state index contributed by atoms with van der Waals surface area (Å²) in [7, 11) is 0. The average molecular weight is 271 g/mol. The summed E-state index contributed by atoms with van der Waals surface area (Å²) in [4.78, 5) is 4.02. The molecular formula is C17H15F2N. The average Bonchev–Trinajstić information content (AvgIpc) is 2.42. The zero-order valence-electron chi connectivity index (χ0n) is 11.3. The lowest BCUT2D eigenvalue weighted by molar-refractivity contribution is 0.611. The van der Waals surface area contributed by atoms with Crippen molar-refractivity contribution in [3.63, 3.8) is 0 Å². The van der Waals surface area contributed by atoms with Crippen molar-refractivity contribution in [2.24, 2.45) is 0 Å². The Morgan fingerprint density at radius 3 is 2.35 bits per heavy atom. The molecule has 2 rings (SSSR count). The van der Waals surface area contributed by atoms with Crippen LogP contribution in [0.1, 0.15) is 23.2 Å². The molecule has 0 radical (unpaired) electrons. The lowest BCUT2D eigenvalue weighted by Gasteiger charge is -2.09. The van der Waals surface area contributed by atoms with Gasteiger partial charge in [-0.1, -0.05) is 25.3 Å². The summed E-state index contributed by atoms with van der Waals surface area (Å²) in [6.45, 7) is 9.62. The van der Waals surface area contributed by atoms with Gasteiger partial charge in [0.05, 0.1) is 11.9 Å². The topological polar surface area (TPSA) is 12.9 Å². The lowest BCUT2D eigenvalue weighted by atomic mass is 9.98. The molecule has 0 saturated carbocycles. The van der Waals surface area contributed by atoms with Crippen molar-refractivity contribution in [1.82, 2.24) is 4.98 Å². The van der Waals surface area contributed by atoms with E-state index in [0.717, 1.165) is 16.7 Å². The van der Waals surface area contributed by atoms with Crippen molar-refractivity contribution in [3.8, 4) is 0 Å². The Hall–Kier alpha value is -2.29. The summed E-state index contributed by atoms with van der Waals surface area (Å²) in [5.41, 5.74) is 3.60. The molecule has 0 N–H and O–H groups in total. The van der Waals surface area contributed by atoms with Crippen LogP contribution in [0.15, 0.2) is 49.7 Å². The van der Waals surface area contributed by atoms with Gasteiger partial charge in [-0.05, 0) is 53.8 Å². The van der Waals surface area contributed by atoms with Gasteiger partial charge in [-0.15, -0.1) is 0 Å². The van der Waals surface area contributed by atoms with Gasteiger partial charge in [0.1, 0.15) is 11.6 Å². The van der Waals surface area contributed by atoms with E-state index in [4.69, 9.17) is 0 Å². The minimum atomic E-state index is -0.334. The van der Waals surface area contributed by atoms with Crippen LogP contribution in [0.2, 0.25) is 0 Å². The third-order valence-electron chi connectivity index (χ3n) is 3.09. The first-order chi connectivity index (χ1) is 9.47. The first-order valence-corrected chi connectivity index (χ1v) is 6.21. The third-order valence-corrected chi connectivity index (χ3v) is 3.09. The van der Waals surface area contributed by atoms with Crippen LogP contribution in [0.4, 0.5) is 8.78 Å². The number of benzene rings is 1. The number of halogens is 2. The highest BCUT2D eigenvalue weighted by molar-refractivity contribution is 5.76. The molecule has 0 bridgehead atoms. The van der Waals surface area contributed by atoms with E-state index in [-0.39, 0.29) is 11.6 Å². The second-order valence-electron chi connectivity index (χ2n) is 4.71. The van der Waals surface area contributed by atoms with E-state index in [1.165, 1.54) is 18.3 Å². The van der Waals surface area contributed by atoms with Gasteiger partial charge in [0.25, 0.3) is 0 Å². The van der Waals surface area contributed by atoms with Gasteiger partial charge in [-0.3, -0.25) is 4.98 Å². The largest absolute Gasteiger partial charge is 0.254 e. The summed E-state index contributed by atoms with van der Waals surface area (Å²) in [5, 5.41) is 0. The number of hydrogen-bond donors (Lipinski definition) is 0. The zero-order valence-corrected chi connectivity index (χ0v) is 11.3. The lowest BCUT2D eigenvalue weighted by Crippen LogP contribution is -1.94. The molecule has 0 spiro atoms. The molecule has 0 amide bonds. The van der Waals surface area contributed by atoms with Crippen LogP contribution in [0.25, 0.3) is 11.1 Å². The fourth-order valence-electron chi connectivity index (χ4n) is 1.87. The molecule has 0 fully saturated rings. The maximum atomic E-state index is 13.2. The monoisotopic (exact) mass is 271 g/mol. The molecule has 1 heterocycles. The van der Waals surface area contributed by atoms with Crippen molar-refractivity contribution < 1.29 is 8.78 Å². The number of pyridine rings is 1. The molecule has 3 heteroatoms. The molecule has 1 nitrogen and oxygen atoms in total. The van der Waals surface area contributed by atoms with E-state index in [9.17, 15) is 8.78 Å². The number of aryl methyl sites for hydroxylation is 1. The van der Waals surface area contributed by atoms with Gasteiger partial charge in [0.15, 0.2) is 0 Å². The van der Waals surface area contributed by atoms with Gasteiger partial charge in [0, 0.05) is 0 Å². The first kappa shape index (κ1) is 14.1. The maximum Gasteiger partial charge on any atom is 0.144 e. The zero-order chi connectivity index (χ0) is 14.7. The quantitative estimate of drug-likeness (QED) is 0.779. The van der Waals surface area contributed by atoms with E-state index in [1.54, 1.807) is 25.1 Å². The van der Waals surface area contributed by atoms with Crippen LogP contribution < -0.4 is 0 Å². The molecule has 0 atom stereocenters. The van der Waals surface area contributed by atoms with Crippen LogP contribution in [-0.4, -0.2) is 4.98 Å². The van der Waals surface area contributed by atoms with E-state index in [1.807, 2.05) is 0 Å². The van der Waals surface area contributed by atoms with Gasteiger partial charge in [-0.2, -0.15) is 0 Å². The Morgan fingerprint density at radius 1 is 1.10 bits per heavy atom. The molecule has 0 unspecified atom stereocenters.